The summed E-state index contributed by atoms with van der Waals surface area (Å²) in [6.07, 6.45) is -5.67. The summed E-state index contributed by atoms with van der Waals surface area (Å²) in [5.41, 5.74) is -1.72. The van der Waals surface area contributed by atoms with Crippen molar-refractivity contribution in [1.29, 1.82) is 0 Å². The number of alkyl halides is 3. The molecule has 12 heteroatoms. The molecule has 0 radical (unpaired) electrons. The molecule has 1 unspecified atom stereocenters. The Morgan fingerprint density at radius 2 is 1.91 bits per heavy atom. The van der Waals surface area contributed by atoms with Gasteiger partial charge < -0.3 is 20.3 Å². The number of nitrogens with zero attached hydrogens (tertiary/aromatic N) is 2. The van der Waals surface area contributed by atoms with Gasteiger partial charge in [-0.2, -0.15) is 23.0 Å². The van der Waals surface area contributed by atoms with E-state index in [0.717, 1.165) is 16.8 Å². The van der Waals surface area contributed by atoms with E-state index in [2.05, 4.69) is 10.4 Å². The number of carbonyl (C=O) groups is 2. The van der Waals surface area contributed by atoms with E-state index in [-0.39, 0.29) is 22.2 Å². The average Bonchev–Trinajstić information content (AvgIpc) is 3.13. The average molecular weight is 484 g/mol. The van der Waals surface area contributed by atoms with Crippen LogP contribution in [0.15, 0.2) is 48.5 Å². The van der Waals surface area contributed by atoms with Gasteiger partial charge >= 0.3 is 12.1 Å². The summed E-state index contributed by atoms with van der Waals surface area (Å²) in [5.74, 6) is -2.97. The summed E-state index contributed by atoms with van der Waals surface area (Å²) in [6, 6.07) is 8.73. The van der Waals surface area contributed by atoms with Crippen LogP contribution in [-0.4, -0.2) is 39.0 Å². The molecular formula is C21H17ClF3N3O5. The molecule has 1 heterocycles. The molecular weight excluding hydrogens is 467 g/mol. The highest BCUT2D eigenvalue weighted by molar-refractivity contribution is 6.32. The van der Waals surface area contributed by atoms with Crippen LogP contribution in [0.3, 0.4) is 0 Å². The minimum absolute atomic E-state index is 0.0881. The number of nitrogens with one attached hydrogen (secondary N) is 1. The van der Waals surface area contributed by atoms with Gasteiger partial charge in [-0.1, -0.05) is 29.8 Å². The Hall–Kier alpha value is -3.73. The number of hydrogen-bond donors (Lipinski definition) is 3. The van der Waals surface area contributed by atoms with Crippen LogP contribution in [0.2, 0.25) is 5.02 Å². The molecule has 0 aliphatic carbocycles. The highest BCUT2D eigenvalue weighted by Crippen LogP contribution is 2.38. The Kier molecular flexibility index (Phi) is 6.82. The molecule has 0 saturated heterocycles. The van der Waals surface area contributed by atoms with Crippen LogP contribution in [0.25, 0.3) is 5.69 Å². The smallest absolute Gasteiger partial charge is 0.416 e. The number of carbonyl (C=O) groups excluding carboxylic acids is 1. The Balaban J connectivity index is 1.97. The molecule has 0 spiro atoms. The number of amides is 1. The van der Waals surface area contributed by atoms with Crippen LogP contribution >= 0.6 is 11.6 Å². The van der Waals surface area contributed by atoms with Crippen LogP contribution in [0.4, 0.5) is 13.2 Å². The van der Waals surface area contributed by atoms with Gasteiger partial charge in [0.15, 0.2) is 5.69 Å². The molecule has 0 fully saturated rings. The number of rotatable bonds is 7. The van der Waals surface area contributed by atoms with Crippen molar-refractivity contribution in [1.82, 2.24) is 15.1 Å². The lowest BCUT2D eigenvalue weighted by Crippen LogP contribution is -2.32. The number of carboxylic acids is 1. The van der Waals surface area contributed by atoms with Crippen molar-refractivity contribution in [3.05, 3.63) is 70.4 Å². The van der Waals surface area contributed by atoms with Crippen LogP contribution in [0.1, 0.15) is 34.1 Å². The second-order valence-electron chi connectivity index (χ2n) is 6.83. The Labute approximate surface area is 190 Å². The van der Waals surface area contributed by atoms with E-state index in [9.17, 15) is 33.0 Å². The molecule has 0 aliphatic heterocycles. The number of halogens is 4. The van der Waals surface area contributed by atoms with Crippen molar-refractivity contribution in [2.45, 2.75) is 18.6 Å². The standard InChI is InChI=1S/C21H17ClF3N3O5/c1-33-11-6-7-12(13(8-11)21(23,24)25)15(10-19(30)31)26-20(32)16-9-18(29)28(27-16)17-5-3-2-4-14(17)22/h2-9,15,29H,10H2,1H3,(H,26,32)(H,30,31). The zero-order chi connectivity index (χ0) is 24.3. The van der Waals surface area contributed by atoms with Crippen molar-refractivity contribution in [3.63, 3.8) is 0 Å². The van der Waals surface area contributed by atoms with Crippen molar-refractivity contribution < 1.29 is 37.7 Å². The second-order valence-corrected chi connectivity index (χ2v) is 7.23. The summed E-state index contributed by atoms with van der Waals surface area (Å²) >= 11 is 6.07. The quantitative estimate of drug-likeness (QED) is 0.464. The van der Waals surface area contributed by atoms with E-state index in [1.165, 1.54) is 25.3 Å². The third-order valence-corrected chi connectivity index (χ3v) is 4.95. The van der Waals surface area contributed by atoms with Crippen LogP contribution in [0, 0.1) is 0 Å². The minimum atomic E-state index is -4.84. The van der Waals surface area contributed by atoms with Gasteiger partial charge in [0.2, 0.25) is 5.88 Å². The number of para-hydroxylation sites is 1. The molecule has 8 nitrogen and oxygen atoms in total. The Bertz CT molecular complexity index is 1200. The Morgan fingerprint density at radius 3 is 2.52 bits per heavy atom. The summed E-state index contributed by atoms with van der Waals surface area (Å²) < 4.78 is 46.7. The van der Waals surface area contributed by atoms with Crippen LogP contribution < -0.4 is 10.1 Å². The predicted molar refractivity (Wildman–Crippen MR) is 111 cm³/mol. The first kappa shape index (κ1) is 23.9. The third-order valence-electron chi connectivity index (χ3n) is 4.63. The van der Waals surface area contributed by atoms with E-state index in [4.69, 9.17) is 16.3 Å². The van der Waals surface area contributed by atoms with Gasteiger partial charge in [-0.3, -0.25) is 9.59 Å². The number of hydrogen-bond acceptors (Lipinski definition) is 5. The first-order valence-corrected chi connectivity index (χ1v) is 9.70. The van der Waals surface area contributed by atoms with Gasteiger partial charge in [0.25, 0.3) is 5.91 Å². The van der Waals surface area contributed by atoms with Gasteiger partial charge in [-0.05, 0) is 29.8 Å². The fraction of sp³-hybridized carbons (Fsp3) is 0.190. The SMILES string of the molecule is COc1ccc(C(CC(=O)O)NC(=O)c2cc(O)n(-c3ccccc3Cl)n2)c(C(F)(F)F)c1. The molecule has 1 atom stereocenters. The number of carboxylic acid groups (broad SMARTS) is 1. The van der Waals surface area contributed by atoms with Crippen molar-refractivity contribution in [2.24, 2.45) is 0 Å². The fourth-order valence-corrected chi connectivity index (χ4v) is 3.36. The predicted octanol–water partition coefficient (Wildman–Crippen LogP) is 4.20. The molecule has 1 aromatic heterocycles. The first-order chi connectivity index (χ1) is 15.5. The molecule has 3 rings (SSSR count). The minimum Gasteiger partial charge on any atom is -0.497 e. The molecule has 1 amide bonds. The molecule has 3 N–H and O–H groups in total. The Morgan fingerprint density at radius 1 is 1.21 bits per heavy atom. The van der Waals surface area contributed by atoms with Crippen molar-refractivity contribution in [3.8, 4) is 17.3 Å². The summed E-state index contributed by atoms with van der Waals surface area (Å²) in [6.45, 7) is 0. The maximum absolute atomic E-state index is 13.6. The summed E-state index contributed by atoms with van der Waals surface area (Å²) in [7, 11) is 1.19. The second kappa shape index (κ2) is 9.41. The number of aromatic hydroxyl groups is 1. The fourth-order valence-electron chi connectivity index (χ4n) is 3.14. The lowest BCUT2D eigenvalue weighted by molar-refractivity contribution is -0.140. The zero-order valence-corrected chi connectivity index (χ0v) is 17.7. The topological polar surface area (TPSA) is 114 Å². The van der Waals surface area contributed by atoms with Crippen LogP contribution in [0.5, 0.6) is 11.6 Å². The van der Waals surface area contributed by atoms with E-state index < -0.39 is 47.5 Å². The molecule has 0 bridgehead atoms. The molecule has 33 heavy (non-hydrogen) atoms. The van der Waals surface area contributed by atoms with Gasteiger partial charge in [-0.25, -0.2) is 0 Å². The van der Waals surface area contributed by atoms with Gasteiger partial charge in [-0.15, -0.1) is 0 Å². The van der Waals surface area contributed by atoms with E-state index in [0.29, 0.717) is 6.07 Å². The monoisotopic (exact) mass is 483 g/mol. The summed E-state index contributed by atoms with van der Waals surface area (Å²) in [5, 5.41) is 25.8. The zero-order valence-electron chi connectivity index (χ0n) is 16.9. The largest absolute Gasteiger partial charge is 0.497 e. The lowest BCUT2D eigenvalue weighted by Gasteiger charge is -2.22. The highest BCUT2D eigenvalue weighted by Gasteiger charge is 2.37. The van der Waals surface area contributed by atoms with E-state index >= 15 is 0 Å². The molecule has 174 valence electrons. The normalized spacial score (nSPS) is 12.3. The lowest BCUT2D eigenvalue weighted by atomic mass is 9.96. The maximum Gasteiger partial charge on any atom is 0.416 e. The number of ether oxygens (including phenoxy) is 1. The molecule has 2 aromatic carbocycles. The van der Waals surface area contributed by atoms with Gasteiger partial charge in [0.1, 0.15) is 5.75 Å². The number of aromatic nitrogens is 2. The third kappa shape index (κ3) is 5.37. The van der Waals surface area contributed by atoms with Crippen LogP contribution in [-0.2, 0) is 11.0 Å². The van der Waals surface area contributed by atoms with Crippen molar-refractivity contribution in [2.75, 3.05) is 7.11 Å². The highest BCUT2D eigenvalue weighted by atomic mass is 35.5. The number of benzene rings is 2. The van der Waals surface area contributed by atoms with E-state index in [1.807, 2.05) is 0 Å². The number of methoxy groups -OCH3 is 1. The van der Waals surface area contributed by atoms with Gasteiger partial charge in [0, 0.05) is 6.07 Å². The molecule has 3 aromatic rings. The van der Waals surface area contributed by atoms with Gasteiger partial charge in [0.05, 0.1) is 35.8 Å². The summed E-state index contributed by atoms with van der Waals surface area (Å²) in [4.78, 5) is 24.1. The van der Waals surface area contributed by atoms with Crippen molar-refractivity contribution >= 4 is 23.5 Å². The van der Waals surface area contributed by atoms with E-state index in [1.54, 1.807) is 12.1 Å². The maximum atomic E-state index is 13.6. The molecule has 0 aliphatic rings. The molecule has 0 saturated carbocycles. The first-order valence-electron chi connectivity index (χ1n) is 9.33. The number of aliphatic carboxylic acids is 1.